The summed E-state index contributed by atoms with van der Waals surface area (Å²) in [6.07, 6.45) is 2.06. The number of nitrogens with zero attached hydrogens (tertiary/aromatic N) is 4. The van der Waals surface area contributed by atoms with Gasteiger partial charge in [-0.05, 0) is 11.4 Å². The smallest absolute Gasteiger partial charge is 0.252 e. The number of imidazole rings is 1. The first kappa shape index (κ1) is 19.0. The molecule has 150 valence electrons. The maximum atomic E-state index is 12.8. The average molecular weight is 445 g/mol. The molecule has 0 bridgehead atoms. The Morgan fingerprint density at radius 1 is 0.931 bits per heavy atom. The van der Waals surface area contributed by atoms with Gasteiger partial charge >= 0.3 is 0 Å². The highest BCUT2D eigenvalue weighted by Crippen LogP contribution is 2.28. The molecule has 0 unspecified atom stereocenters. The van der Waals surface area contributed by atoms with E-state index in [0.29, 0.717) is 30.4 Å². The molecule has 6 nitrogen and oxygen atoms in total. The lowest BCUT2D eigenvalue weighted by atomic mass is 10.1. The molecule has 1 aromatic carbocycles. The van der Waals surface area contributed by atoms with Crippen molar-refractivity contribution in [3.05, 3.63) is 65.1 Å². The molecule has 0 radical (unpaired) electrons. The van der Waals surface area contributed by atoms with Gasteiger partial charge in [-0.2, -0.15) is 4.31 Å². The van der Waals surface area contributed by atoms with Crippen molar-refractivity contribution in [3.8, 4) is 11.3 Å². The van der Waals surface area contributed by atoms with Crippen LogP contribution in [0.2, 0.25) is 0 Å². The molecule has 5 rings (SSSR count). The van der Waals surface area contributed by atoms with Crippen LogP contribution in [0.4, 0.5) is 0 Å². The van der Waals surface area contributed by atoms with E-state index < -0.39 is 10.0 Å². The van der Waals surface area contributed by atoms with Gasteiger partial charge in [0.1, 0.15) is 4.21 Å². The van der Waals surface area contributed by atoms with Crippen molar-refractivity contribution in [2.45, 2.75) is 10.8 Å². The van der Waals surface area contributed by atoms with Gasteiger partial charge in [-0.1, -0.05) is 36.4 Å². The third-order valence-electron chi connectivity index (χ3n) is 5.20. The molecule has 0 N–H and O–H groups in total. The van der Waals surface area contributed by atoms with Crippen LogP contribution in [-0.4, -0.2) is 53.2 Å². The number of piperazine rings is 1. The molecular weight excluding hydrogens is 424 g/mol. The predicted molar refractivity (Wildman–Crippen MR) is 117 cm³/mol. The molecule has 29 heavy (non-hydrogen) atoms. The summed E-state index contributed by atoms with van der Waals surface area (Å²) >= 11 is 2.90. The van der Waals surface area contributed by atoms with Gasteiger partial charge in [0.2, 0.25) is 0 Å². The van der Waals surface area contributed by atoms with Gasteiger partial charge < -0.3 is 0 Å². The largest absolute Gasteiger partial charge is 0.295 e. The number of hydrogen-bond acceptors (Lipinski definition) is 6. The SMILES string of the molecule is O=S(=O)(c1cccs1)N1CCN(Cc2c(-c3ccccc3)nc3sccn23)CC1. The van der Waals surface area contributed by atoms with E-state index in [4.69, 9.17) is 4.98 Å². The summed E-state index contributed by atoms with van der Waals surface area (Å²) in [5, 5.41) is 3.85. The quantitative estimate of drug-likeness (QED) is 0.472. The molecule has 1 saturated heterocycles. The number of fused-ring (bicyclic) bond motifs is 1. The average Bonchev–Trinajstić information content (AvgIpc) is 3.48. The molecule has 1 aliphatic rings. The molecule has 3 aromatic heterocycles. The Kier molecular flexibility index (Phi) is 5.00. The normalized spacial score (nSPS) is 16.6. The van der Waals surface area contributed by atoms with E-state index in [0.717, 1.165) is 28.5 Å². The molecule has 1 aliphatic heterocycles. The van der Waals surface area contributed by atoms with Crippen molar-refractivity contribution in [1.82, 2.24) is 18.6 Å². The number of thiazole rings is 1. The molecule has 0 amide bonds. The van der Waals surface area contributed by atoms with Crippen LogP contribution in [0.5, 0.6) is 0 Å². The fourth-order valence-corrected chi connectivity index (χ4v) is 6.99. The van der Waals surface area contributed by atoms with Crippen LogP contribution in [0.15, 0.2) is 63.6 Å². The zero-order chi connectivity index (χ0) is 19.8. The van der Waals surface area contributed by atoms with E-state index in [1.165, 1.54) is 11.3 Å². The Morgan fingerprint density at radius 2 is 1.72 bits per heavy atom. The third kappa shape index (κ3) is 3.53. The summed E-state index contributed by atoms with van der Waals surface area (Å²) < 4.78 is 29.7. The molecular formula is C20H20N4O2S3. The molecule has 4 aromatic rings. The minimum Gasteiger partial charge on any atom is -0.295 e. The van der Waals surface area contributed by atoms with Crippen LogP contribution in [-0.2, 0) is 16.6 Å². The summed E-state index contributed by atoms with van der Waals surface area (Å²) in [5.74, 6) is 0. The Balaban J connectivity index is 1.36. The lowest BCUT2D eigenvalue weighted by Gasteiger charge is -2.33. The van der Waals surface area contributed by atoms with Gasteiger partial charge in [-0.3, -0.25) is 9.30 Å². The lowest BCUT2D eigenvalue weighted by molar-refractivity contribution is 0.180. The minimum absolute atomic E-state index is 0.424. The molecule has 9 heteroatoms. The summed E-state index contributed by atoms with van der Waals surface area (Å²) in [7, 11) is -3.37. The fraction of sp³-hybridized carbons (Fsp3) is 0.250. The highest BCUT2D eigenvalue weighted by Gasteiger charge is 2.30. The Hall–Kier alpha value is -2.04. The van der Waals surface area contributed by atoms with Gasteiger partial charge in [0.25, 0.3) is 10.0 Å². The van der Waals surface area contributed by atoms with E-state index in [2.05, 4.69) is 27.6 Å². The monoisotopic (exact) mass is 444 g/mol. The summed E-state index contributed by atoms with van der Waals surface area (Å²) in [6.45, 7) is 3.17. The van der Waals surface area contributed by atoms with Gasteiger partial charge in [-0.15, -0.1) is 22.7 Å². The Labute approximate surface area is 177 Å². The number of hydrogen-bond donors (Lipinski definition) is 0. The number of benzene rings is 1. The van der Waals surface area contributed by atoms with Crippen molar-refractivity contribution in [1.29, 1.82) is 0 Å². The minimum atomic E-state index is -3.37. The van der Waals surface area contributed by atoms with E-state index in [1.807, 2.05) is 23.6 Å². The van der Waals surface area contributed by atoms with Crippen molar-refractivity contribution < 1.29 is 8.42 Å². The van der Waals surface area contributed by atoms with Gasteiger partial charge in [0.15, 0.2) is 4.96 Å². The van der Waals surface area contributed by atoms with Crippen molar-refractivity contribution in [2.75, 3.05) is 26.2 Å². The fourth-order valence-electron chi connectivity index (χ4n) is 3.69. The van der Waals surface area contributed by atoms with Crippen molar-refractivity contribution in [2.24, 2.45) is 0 Å². The summed E-state index contributed by atoms with van der Waals surface area (Å²) in [5.41, 5.74) is 3.27. The first-order chi connectivity index (χ1) is 14.1. The van der Waals surface area contributed by atoms with Crippen LogP contribution >= 0.6 is 22.7 Å². The first-order valence-corrected chi connectivity index (χ1v) is 12.6. The first-order valence-electron chi connectivity index (χ1n) is 9.39. The molecule has 0 atom stereocenters. The van der Waals surface area contributed by atoms with E-state index in [9.17, 15) is 8.42 Å². The maximum absolute atomic E-state index is 12.8. The molecule has 1 fully saturated rings. The van der Waals surface area contributed by atoms with Crippen LogP contribution in [0.3, 0.4) is 0 Å². The predicted octanol–water partition coefficient (Wildman–Crippen LogP) is 3.63. The van der Waals surface area contributed by atoms with Crippen LogP contribution in [0.1, 0.15) is 5.69 Å². The highest BCUT2D eigenvalue weighted by molar-refractivity contribution is 7.91. The second-order valence-corrected chi connectivity index (χ2v) is 10.9. The maximum Gasteiger partial charge on any atom is 0.252 e. The third-order valence-corrected chi connectivity index (χ3v) is 9.23. The number of rotatable bonds is 5. The van der Waals surface area contributed by atoms with E-state index in [-0.39, 0.29) is 0 Å². The lowest BCUT2D eigenvalue weighted by Crippen LogP contribution is -2.48. The zero-order valence-corrected chi connectivity index (χ0v) is 18.1. The standard InChI is InChI=1S/C20H20N4O2S3/c25-29(26,18-7-4-13-27-18)23-10-8-22(9-11-23)15-17-19(16-5-2-1-3-6-16)21-20-24(17)12-14-28-20/h1-7,12-14H,8-11,15H2. The van der Waals surface area contributed by atoms with Gasteiger partial charge in [-0.25, -0.2) is 13.4 Å². The Bertz CT molecular complexity index is 1210. The van der Waals surface area contributed by atoms with Crippen LogP contribution in [0, 0.1) is 0 Å². The Morgan fingerprint density at radius 3 is 2.45 bits per heavy atom. The van der Waals surface area contributed by atoms with Crippen molar-refractivity contribution >= 4 is 37.7 Å². The van der Waals surface area contributed by atoms with E-state index in [1.54, 1.807) is 33.2 Å². The number of aromatic nitrogens is 2. The second-order valence-electron chi connectivity index (χ2n) is 6.94. The summed E-state index contributed by atoms with van der Waals surface area (Å²) in [4.78, 5) is 8.14. The van der Waals surface area contributed by atoms with Crippen LogP contribution in [0.25, 0.3) is 16.2 Å². The molecule has 4 heterocycles. The molecule has 0 spiro atoms. The van der Waals surface area contributed by atoms with Gasteiger partial charge in [0, 0.05) is 49.9 Å². The van der Waals surface area contributed by atoms with E-state index >= 15 is 0 Å². The number of sulfonamides is 1. The van der Waals surface area contributed by atoms with Gasteiger partial charge in [0.05, 0.1) is 11.4 Å². The van der Waals surface area contributed by atoms with Crippen LogP contribution < -0.4 is 0 Å². The van der Waals surface area contributed by atoms with Crippen molar-refractivity contribution in [3.63, 3.8) is 0 Å². The topological polar surface area (TPSA) is 57.9 Å². The zero-order valence-electron chi connectivity index (χ0n) is 15.6. The molecule has 0 aliphatic carbocycles. The molecule has 0 saturated carbocycles. The number of thiophene rings is 1. The highest BCUT2D eigenvalue weighted by atomic mass is 32.2. The second kappa shape index (κ2) is 7.66. The summed E-state index contributed by atoms with van der Waals surface area (Å²) in [6, 6.07) is 13.7.